The number of methoxy groups -OCH3 is 1. The minimum Gasteiger partial charge on any atom is -0.469 e. The van der Waals surface area contributed by atoms with Gasteiger partial charge < -0.3 is 14.6 Å². The molecule has 94 valence electrons. The number of carbonyl (C=O) groups is 1. The summed E-state index contributed by atoms with van der Waals surface area (Å²) >= 11 is 0. The number of esters is 1. The number of nitrogens with zero attached hydrogens (tertiary/aromatic N) is 1. The highest BCUT2D eigenvalue weighted by Gasteiger charge is 2.07. The van der Waals surface area contributed by atoms with Crippen LogP contribution in [0, 0.1) is 0 Å². The number of carbonyl (C=O) groups excluding carboxylic acids is 1. The van der Waals surface area contributed by atoms with Crippen molar-refractivity contribution in [2.45, 2.75) is 25.9 Å². The van der Waals surface area contributed by atoms with Crippen LogP contribution in [-0.4, -0.2) is 30.2 Å². The molecule has 0 fully saturated rings. The van der Waals surface area contributed by atoms with E-state index in [2.05, 4.69) is 10.1 Å². The molecule has 0 saturated heterocycles. The smallest absolute Gasteiger partial charge is 0.307 e. The summed E-state index contributed by atoms with van der Waals surface area (Å²) in [5, 5.41) is 3.16. The molecule has 0 radical (unpaired) electrons. The first-order valence-corrected chi connectivity index (χ1v) is 5.59. The van der Waals surface area contributed by atoms with E-state index in [4.69, 9.17) is 0 Å². The first-order chi connectivity index (χ1) is 8.13. The Balaban J connectivity index is 2.31. The van der Waals surface area contributed by atoms with Crippen LogP contribution in [0.4, 0.5) is 0 Å². The van der Waals surface area contributed by atoms with Crippen LogP contribution in [0.25, 0.3) is 0 Å². The normalized spacial score (nSPS) is 12.1. The van der Waals surface area contributed by atoms with Gasteiger partial charge in [-0.1, -0.05) is 6.07 Å². The van der Waals surface area contributed by atoms with Gasteiger partial charge in [-0.05, 0) is 13.0 Å². The lowest BCUT2D eigenvalue weighted by Gasteiger charge is -2.12. The second-order valence-electron chi connectivity index (χ2n) is 3.87. The molecule has 0 bridgehead atoms. The van der Waals surface area contributed by atoms with Gasteiger partial charge in [-0.25, -0.2) is 0 Å². The summed E-state index contributed by atoms with van der Waals surface area (Å²) in [7, 11) is 1.37. The zero-order valence-electron chi connectivity index (χ0n) is 10.2. The van der Waals surface area contributed by atoms with Crippen LogP contribution in [0.15, 0.2) is 29.2 Å². The molecule has 5 heteroatoms. The molecular formula is C12H18N2O3. The molecular weight excluding hydrogens is 220 g/mol. The van der Waals surface area contributed by atoms with Crippen LogP contribution >= 0.6 is 0 Å². The maximum absolute atomic E-state index is 11.4. The van der Waals surface area contributed by atoms with Gasteiger partial charge in [0.15, 0.2) is 0 Å². The molecule has 1 heterocycles. The summed E-state index contributed by atoms with van der Waals surface area (Å²) < 4.78 is 6.19. The largest absolute Gasteiger partial charge is 0.469 e. The van der Waals surface area contributed by atoms with Crippen molar-refractivity contribution in [3.63, 3.8) is 0 Å². The van der Waals surface area contributed by atoms with Crippen LogP contribution in [0.5, 0.6) is 0 Å². The van der Waals surface area contributed by atoms with Gasteiger partial charge in [0.25, 0.3) is 5.56 Å². The number of hydrogen-bond donors (Lipinski definition) is 1. The van der Waals surface area contributed by atoms with Gasteiger partial charge in [-0.2, -0.15) is 0 Å². The number of aromatic nitrogens is 1. The first-order valence-electron chi connectivity index (χ1n) is 5.59. The lowest BCUT2D eigenvalue weighted by molar-refractivity contribution is -0.141. The molecule has 17 heavy (non-hydrogen) atoms. The van der Waals surface area contributed by atoms with Crippen LogP contribution in [-0.2, 0) is 16.1 Å². The Morgan fingerprint density at radius 3 is 2.94 bits per heavy atom. The minimum absolute atomic E-state index is 0.0186. The quantitative estimate of drug-likeness (QED) is 0.728. The fraction of sp³-hybridized carbons (Fsp3) is 0.500. The molecule has 0 aromatic carbocycles. The first kappa shape index (κ1) is 13.4. The maximum Gasteiger partial charge on any atom is 0.307 e. The third-order valence-corrected chi connectivity index (χ3v) is 2.45. The fourth-order valence-corrected chi connectivity index (χ4v) is 1.48. The summed E-state index contributed by atoms with van der Waals surface area (Å²) in [6.45, 7) is 3.14. The number of ether oxygens (including phenoxy) is 1. The predicted molar refractivity (Wildman–Crippen MR) is 64.8 cm³/mol. The summed E-state index contributed by atoms with van der Waals surface area (Å²) in [6.07, 6.45) is 2.08. The number of pyridine rings is 1. The van der Waals surface area contributed by atoms with Gasteiger partial charge >= 0.3 is 5.97 Å². The van der Waals surface area contributed by atoms with Crippen LogP contribution in [0.1, 0.15) is 13.3 Å². The number of hydrogen-bond acceptors (Lipinski definition) is 4. The second-order valence-corrected chi connectivity index (χ2v) is 3.87. The molecule has 0 amide bonds. The summed E-state index contributed by atoms with van der Waals surface area (Å²) in [4.78, 5) is 22.4. The van der Waals surface area contributed by atoms with E-state index in [-0.39, 0.29) is 17.6 Å². The molecule has 0 saturated carbocycles. The number of nitrogens with one attached hydrogen (secondary N) is 1. The lowest BCUT2D eigenvalue weighted by atomic mass is 10.2. The van der Waals surface area contributed by atoms with Crippen molar-refractivity contribution >= 4 is 5.97 Å². The Morgan fingerprint density at radius 2 is 2.29 bits per heavy atom. The molecule has 1 rings (SSSR count). The van der Waals surface area contributed by atoms with Crippen molar-refractivity contribution in [3.05, 3.63) is 34.7 Å². The molecule has 5 nitrogen and oxygen atoms in total. The average Bonchev–Trinajstić information content (AvgIpc) is 2.31. The third kappa shape index (κ3) is 4.82. The van der Waals surface area contributed by atoms with Gasteiger partial charge in [0.05, 0.1) is 13.5 Å². The molecule has 0 aliphatic rings. The molecule has 1 atom stereocenters. The van der Waals surface area contributed by atoms with E-state index in [1.807, 2.05) is 13.0 Å². The van der Waals surface area contributed by atoms with Crippen LogP contribution in [0.2, 0.25) is 0 Å². The Labute approximate surface area is 100 Å². The van der Waals surface area contributed by atoms with Gasteiger partial charge in [0.1, 0.15) is 0 Å². The van der Waals surface area contributed by atoms with Crippen LogP contribution in [0.3, 0.4) is 0 Å². The standard InChI is InChI=1S/C12H18N2O3/c1-10(9-12(16)17-2)13-6-8-14-7-4-3-5-11(14)15/h3-5,7,10,13H,6,8-9H2,1-2H3. The highest BCUT2D eigenvalue weighted by atomic mass is 16.5. The fourth-order valence-electron chi connectivity index (χ4n) is 1.48. The Bertz CT molecular complexity index is 414. The molecule has 0 spiro atoms. The van der Waals surface area contributed by atoms with E-state index in [1.165, 1.54) is 13.2 Å². The van der Waals surface area contributed by atoms with Crippen molar-refractivity contribution < 1.29 is 9.53 Å². The van der Waals surface area contributed by atoms with E-state index in [1.54, 1.807) is 16.8 Å². The van der Waals surface area contributed by atoms with Crippen molar-refractivity contribution in [2.75, 3.05) is 13.7 Å². The average molecular weight is 238 g/mol. The Hall–Kier alpha value is -1.62. The van der Waals surface area contributed by atoms with Crippen molar-refractivity contribution in [2.24, 2.45) is 0 Å². The maximum atomic E-state index is 11.4. The Kier molecular flexibility index (Phi) is 5.42. The zero-order chi connectivity index (χ0) is 12.7. The summed E-state index contributed by atoms with van der Waals surface area (Å²) in [6, 6.07) is 5.10. The second kappa shape index (κ2) is 6.85. The van der Waals surface area contributed by atoms with Gasteiger partial charge in [-0.3, -0.25) is 9.59 Å². The van der Waals surface area contributed by atoms with Crippen molar-refractivity contribution in [3.8, 4) is 0 Å². The van der Waals surface area contributed by atoms with E-state index >= 15 is 0 Å². The third-order valence-electron chi connectivity index (χ3n) is 2.45. The molecule has 1 N–H and O–H groups in total. The SMILES string of the molecule is COC(=O)CC(C)NCCn1ccccc1=O. The predicted octanol–water partition coefficient (Wildman–Crippen LogP) is 0.389. The van der Waals surface area contributed by atoms with E-state index in [0.29, 0.717) is 19.5 Å². The zero-order valence-corrected chi connectivity index (χ0v) is 10.2. The van der Waals surface area contributed by atoms with Gasteiger partial charge in [0, 0.05) is 31.4 Å². The van der Waals surface area contributed by atoms with Crippen molar-refractivity contribution in [1.29, 1.82) is 0 Å². The lowest BCUT2D eigenvalue weighted by Crippen LogP contribution is -2.33. The minimum atomic E-state index is -0.234. The van der Waals surface area contributed by atoms with E-state index in [9.17, 15) is 9.59 Å². The molecule has 1 aromatic heterocycles. The molecule has 0 aliphatic carbocycles. The van der Waals surface area contributed by atoms with E-state index < -0.39 is 0 Å². The highest BCUT2D eigenvalue weighted by Crippen LogP contribution is 1.92. The topological polar surface area (TPSA) is 60.3 Å². The monoisotopic (exact) mass is 238 g/mol. The van der Waals surface area contributed by atoms with Gasteiger partial charge in [0.2, 0.25) is 0 Å². The number of rotatable bonds is 6. The van der Waals surface area contributed by atoms with E-state index in [0.717, 1.165) is 0 Å². The van der Waals surface area contributed by atoms with Crippen LogP contribution < -0.4 is 10.9 Å². The summed E-state index contributed by atoms with van der Waals surface area (Å²) in [5.74, 6) is -0.234. The molecule has 1 unspecified atom stereocenters. The Morgan fingerprint density at radius 1 is 1.53 bits per heavy atom. The molecule has 1 aromatic rings. The summed E-state index contributed by atoms with van der Waals surface area (Å²) in [5.41, 5.74) is -0.0186. The molecule has 0 aliphatic heterocycles. The van der Waals surface area contributed by atoms with Gasteiger partial charge in [-0.15, -0.1) is 0 Å². The highest BCUT2D eigenvalue weighted by molar-refractivity contribution is 5.69. The van der Waals surface area contributed by atoms with Crippen molar-refractivity contribution in [1.82, 2.24) is 9.88 Å².